The van der Waals surface area contributed by atoms with E-state index in [1.807, 2.05) is 78.9 Å². The van der Waals surface area contributed by atoms with Gasteiger partial charge >= 0.3 is 0 Å². The van der Waals surface area contributed by atoms with Crippen molar-refractivity contribution >= 4 is 0 Å². The standard InChI is InChI=1S/C34H45NO3/c1-27(19-20-29(26-36)28-12-5-2-6-13-28)33(37)18-11-23-35-24-21-32(22-25-35)34(38,30-14-7-3-8-15-30)31-16-9-4-10-17-31/h2-10,12-17,27,29,32-33,36-38H,11,18-26H2,1H3. The van der Waals surface area contributed by atoms with Crippen LogP contribution in [0.5, 0.6) is 0 Å². The van der Waals surface area contributed by atoms with Gasteiger partial charge in [-0.2, -0.15) is 0 Å². The van der Waals surface area contributed by atoms with Gasteiger partial charge in [-0.1, -0.05) is 97.9 Å². The van der Waals surface area contributed by atoms with E-state index in [9.17, 15) is 15.3 Å². The molecule has 0 radical (unpaired) electrons. The van der Waals surface area contributed by atoms with Crippen LogP contribution in [0, 0.1) is 11.8 Å². The second-order valence-corrected chi connectivity index (χ2v) is 11.2. The first kappa shape index (κ1) is 28.5. The number of likely N-dealkylation sites (tertiary alicyclic amines) is 1. The highest BCUT2D eigenvalue weighted by molar-refractivity contribution is 5.37. The van der Waals surface area contributed by atoms with Crippen LogP contribution in [0.1, 0.15) is 68.1 Å². The highest BCUT2D eigenvalue weighted by Crippen LogP contribution is 2.42. The third kappa shape index (κ3) is 7.12. The summed E-state index contributed by atoms with van der Waals surface area (Å²) in [5, 5.41) is 32.7. The molecule has 1 aliphatic heterocycles. The van der Waals surface area contributed by atoms with E-state index in [4.69, 9.17) is 0 Å². The van der Waals surface area contributed by atoms with Crippen molar-refractivity contribution in [1.29, 1.82) is 0 Å². The summed E-state index contributed by atoms with van der Waals surface area (Å²) < 4.78 is 0. The lowest BCUT2D eigenvalue weighted by atomic mass is 9.72. The van der Waals surface area contributed by atoms with Crippen LogP contribution in [-0.4, -0.2) is 52.6 Å². The number of aliphatic hydroxyl groups is 3. The molecule has 38 heavy (non-hydrogen) atoms. The molecule has 3 aromatic carbocycles. The van der Waals surface area contributed by atoms with Crippen molar-refractivity contribution in [3.05, 3.63) is 108 Å². The van der Waals surface area contributed by atoms with E-state index in [1.165, 1.54) is 5.56 Å². The molecule has 1 fully saturated rings. The Morgan fingerprint density at radius 1 is 0.789 bits per heavy atom. The summed E-state index contributed by atoms with van der Waals surface area (Å²) in [4.78, 5) is 2.49. The summed E-state index contributed by atoms with van der Waals surface area (Å²) >= 11 is 0. The van der Waals surface area contributed by atoms with Gasteiger partial charge < -0.3 is 20.2 Å². The van der Waals surface area contributed by atoms with Crippen LogP contribution in [0.2, 0.25) is 0 Å². The predicted octanol–water partition coefficient (Wildman–Crippen LogP) is 5.97. The molecule has 204 valence electrons. The van der Waals surface area contributed by atoms with E-state index < -0.39 is 5.60 Å². The molecular formula is C34H45NO3. The second-order valence-electron chi connectivity index (χ2n) is 11.2. The molecular weight excluding hydrogens is 470 g/mol. The van der Waals surface area contributed by atoms with Crippen molar-refractivity contribution in [1.82, 2.24) is 4.90 Å². The van der Waals surface area contributed by atoms with Gasteiger partial charge in [0.05, 0.1) is 6.10 Å². The Labute approximate surface area is 229 Å². The maximum absolute atomic E-state index is 12.1. The summed E-state index contributed by atoms with van der Waals surface area (Å²) in [6, 6.07) is 30.4. The zero-order valence-corrected chi connectivity index (χ0v) is 22.8. The fraction of sp³-hybridized carbons (Fsp3) is 0.471. The normalized spacial score (nSPS) is 17.7. The van der Waals surface area contributed by atoms with Gasteiger partial charge in [0.25, 0.3) is 0 Å². The van der Waals surface area contributed by atoms with Crippen LogP contribution in [-0.2, 0) is 5.60 Å². The molecule has 0 spiro atoms. The van der Waals surface area contributed by atoms with Gasteiger partial charge in [-0.25, -0.2) is 0 Å². The summed E-state index contributed by atoms with van der Waals surface area (Å²) in [6.07, 6.45) is 5.14. The maximum Gasteiger partial charge on any atom is 0.117 e. The number of aliphatic hydroxyl groups excluding tert-OH is 2. The lowest BCUT2D eigenvalue weighted by Gasteiger charge is -2.42. The van der Waals surface area contributed by atoms with Crippen molar-refractivity contribution in [2.24, 2.45) is 11.8 Å². The highest BCUT2D eigenvalue weighted by atomic mass is 16.3. The van der Waals surface area contributed by atoms with Gasteiger partial charge in [0, 0.05) is 12.5 Å². The molecule has 3 unspecified atom stereocenters. The minimum atomic E-state index is -0.980. The van der Waals surface area contributed by atoms with E-state index in [0.717, 1.165) is 69.3 Å². The maximum atomic E-state index is 12.1. The monoisotopic (exact) mass is 515 g/mol. The molecule has 0 aromatic heterocycles. The predicted molar refractivity (Wildman–Crippen MR) is 155 cm³/mol. The average Bonchev–Trinajstić information content (AvgIpc) is 2.98. The van der Waals surface area contributed by atoms with Gasteiger partial charge in [0.2, 0.25) is 0 Å². The molecule has 3 N–H and O–H groups in total. The Bertz CT molecular complexity index is 1010. The molecule has 3 aromatic rings. The Morgan fingerprint density at radius 2 is 1.32 bits per heavy atom. The van der Waals surface area contributed by atoms with Gasteiger partial charge in [-0.3, -0.25) is 0 Å². The minimum Gasteiger partial charge on any atom is -0.396 e. The van der Waals surface area contributed by atoms with Crippen LogP contribution in [0.25, 0.3) is 0 Å². The number of rotatable bonds is 13. The molecule has 0 amide bonds. The fourth-order valence-electron chi connectivity index (χ4n) is 6.15. The third-order valence-electron chi connectivity index (χ3n) is 8.70. The first-order chi connectivity index (χ1) is 18.5. The van der Waals surface area contributed by atoms with Crippen LogP contribution >= 0.6 is 0 Å². The van der Waals surface area contributed by atoms with Crippen molar-refractivity contribution in [2.45, 2.75) is 63.1 Å². The van der Waals surface area contributed by atoms with Crippen molar-refractivity contribution < 1.29 is 15.3 Å². The summed E-state index contributed by atoms with van der Waals surface area (Å²) in [5.74, 6) is 0.515. The van der Waals surface area contributed by atoms with Crippen LogP contribution in [0.3, 0.4) is 0 Å². The third-order valence-corrected chi connectivity index (χ3v) is 8.70. The molecule has 3 atom stereocenters. The fourth-order valence-corrected chi connectivity index (χ4v) is 6.15. The zero-order valence-electron chi connectivity index (χ0n) is 22.8. The summed E-state index contributed by atoms with van der Waals surface area (Å²) in [5.41, 5.74) is 2.13. The SMILES string of the molecule is CC(CCC(CO)c1ccccc1)C(O)CCCN1CCC(C(O)(c2ccccc2)c2ccccc2)CC1. The Hall–Kier alpha value is -2.50. The zero-order chi connectivity index (χ0) is 26.8. The Balaban J connectivity index is 1.23. The van der Waals surface area contributed by atoms with Gasteiger partial charge in [0.1, 0.15) is 5.60 Å². The van der Waals surface area contributed by atoms with Gasteiger partial charge in [-0.05, 0) is 86.7 Å². The number of hydrogen-bond acceptors (Lipinski definition) is 4. The summed E-state index contributed by atoms with van der Waals surface area (Å²) in [6.45, 7) is 5.19. The first-order valence-corrected chi connectivity index (χ1v) is 14.4. The van der Waals surface area contributed by atoms with Gasteiger partial charge in [-0.15, -0.1) is 0 Å². The minimum absolute atomic E-state index is 0.137. The summed E-state index contributed by atoms with van der Waals surface area (Å²) in [7, 11) is 0. The first-order valence-electron chi connectivity index (χ1n) is 14.4. The smallest absolute Gasteiger partial charge is 0.117 e. The number of piperidine rings is 1. The topological polar surface area (TPSA) is 63.9 Å². The average molecular weight is 516 g/mol. The van der Waals surface area contributed by atoms with Crippen LogP contribution in [0.4, 0.5) is 0 Å². The quantitative estimate of drug-likeness (QED) is 0.263. The Kier molecular flexibility index (Phi) is 10.5. The molecule has 0 bridgehead atoms. The lowest BCUT2D eigenvalue weighted by Crippen LogP contribution is -2.44. The molecule has 4 heteroatoms. The molecule has 0 saturated carbocycles. The van der Waals surface area contributed by atoms with E-state index >= 15 is 0 Å². The molecule has 4 rings (SSSR count). The van der Waals surface area contributed by atoms with Crippen molar-refractivity contribution in [3.8, 4) is 0 Å². The van der Waals surface area contributed by atoms with E-state index in [2.05, 4.69) is 24.0 Å². The van der Waals surface area contributed by atoms with Crippen molar-refractivity contribution in [2.75, 3.05) is 26.2 Å². The molecule has 0 aliphatic carbocycles. The van der Waals surface area contributed by atoms with Gasteiger partial charge in [0.15, 0.2) is 0 Å². The molecule has 1 aliphatic rings. The number of hydrogen-bond donors (Lipinski definition) is 3. The van der Waals surface area contributed by atoms with Crippen molar-refractivity contribution in [3.63, 3.8) is 0 Å². The molecule has 1 saturated heterocycles. The Morgan fingerprint density at radius 3 is 1.84 bits per heavy atom. The second kappa shape index (κ2) is 14.0. The number of benzene rings is 3. The lowest BCUT2D eigenvalue weighted by molar-refractivity contribution is -0.0148. The van der Waals surface area contributed by atoms with Crippen LogP contribution in [0.15, 0.2) is 91.0 Å². The highest BCUT2D eigenvalue weighted by Gasteiger charge is 2.41. The van der Waals surface area contributed by atoms with E-state index in [1.54, 1.807) is 0 Å². The van der Waals surface area contributed by atoms with E-state index in [0.29, 0.717) is 0 Å². The van der Waals surface area contributed by atoms with Crippen LogP contribution < -0.4 is 0 Å². The largest absolute Gasteiger partial charge is 0.396 e. The molecule has 4 nitrogen and oxygen atoms in total. The number of nitrogens with zero attached hydrogens (tertiary/aromatic N) is 1. The van der Waals surface area contributed by atoms with E-state index in [-0.39, 0.29) is 30.5 Å². The molecule has 1 heterocycles.